The lowest BCUT2D eigenvalue weighted by Crippen LogP contribution is -2.59. The van der Waals surface area contributed by atoms with Crippen molar-refractivity contribution in [3.05, 3.63) is 29.8 Å². The fourth-order valence-corrected chi connectivity index (χ4v) is 3.88. The van der Waals surface area contributed by atoms with Crippen molar-refractivity contribution in [2.24, 2.45) is 17.6 Å². The first-order valence-corrected chi connectivity index (χ1v) is 11.6. The number of nitrogens with one attached hydrogen (secondary N) is 2. The summed E-state index contributed by atoms with van der Waals surface area (Å²) < 4.78 is 0. The minimum Gasteiger partial charge on any atom is -0.508 e. The molecular weight excluding hydrogens is 440 g/mol. The van der Waals surface area contributed by atoms with Crippen molar-refractivity contribution in [1.29, 1.82) is 0 Å². The van der Waals surface area contributed by atoms with Gasteiger partial charge in [-0.25, -0.2) is 4.79 Å². The predicted molar refractivity (Wildman–Crippen MR) is 126 cm³/mol. The molecule has 10 heteroatoms. The van der Waals surface area contributed by atoms with Gasteiger partial charge in [-0.3, -0.25) is 14.4 Å². The molecule has 1 aliphatic heterocycles. The predicted octanol–water partition coefficient (Wildman–Crippen LogP) is 0.619. The van der Waals surface area contributed by atoms with Gasteiger partial charge < -0.3 is 31.5 Å². The number of carboxylic acid groups (broad SMARTS) is 1. The van der Waals surface area contributed by atoms with Crippen molar-refractivity contribution in [3.8, 4) is 5.75 Å². The van der Waals surface area contributed by atoms with Gasteiger partial charge in [0.2, 0.25) is 17.7 Å². The molecule has 10 nitrogen and oxygen atoms in total. The average molecular weight is 477 g/mol. The summed E-state index contributed by atoms with van der Waals surface area (Å²) in [4.78, 5) is 52.0. The summed E-state index contributed by atoms with van der Waals surface area (Å²) in [6.45, 7) is 7.42. The Kier molecular flexibility index (Phi) is 9.43. The molecule has 2 rings (SSSR count). The third-order valence-corrected chi connectivity index (χ3v) is 6.08. The highest BCUT2D eigenvalue weighted by molar-refractivity contribution is 5.94. The molecule has 0 aromatic heterocycles. The van der Waals surface area contributed by atoms with Crippen molar-refractivity contribution >= 4 is 23.7 Å². The first-order chi connectivity index (χ1) is 15.9. The van der Waals surface area contributed by atoms with Crippen molar-refractivity contribution in [2.75, 3.05) is 6.54 Å². The zero-order chi connectivity index (χ0) is 25.6. The second-order valence-electron chi connectivity index (χ2n) is 9.46. The number of carbonyl (C=O) groups is 4. The first kappa shape index (κ1) is 27.1. The highest BCUT2D eigenvalue weighted by atomic mass is 16.4. The first-order valence-electron chi connectivity index (χ1n) is 11.6. The fourth-order valence-electron chi connectivity index (χ4n) is 3.88. The number of rotatable bonds is 10. The monoisotopic (exact) mass is 476 g/mol. The zero-order valence-corrected chi connectivity index (χ0v) is 20.2. The number of hydrogen-bond acceptors (Lipinski definition) is 6. The lowest BCUT2D eigenvalue weighted by Gasteiger charge is -2.31. The maximum absolute atomic E-state index is 13.3. The molecule has 0 bridgehead atoms. The van der Waals surface area contributed by atoms with Crippen LogP contribution >= 0.6 is 0 Å². The molecule has 4 unspecified atom stereocenters. The van der Waals surface area contributed by atoms with E-state index in [4.69, 9.17) is 5.73 Å². The Morgan fingerprint density at radius 1 is 1.03 bits per heavy atom. The number of carbonyl (C=O) groups excluding carboxylic acids is 3. The number of phenolic OH excluding ortho intramolecular Hbond substituents is 1. The molecule has 1 heterocycles. The second-order valence-corrected chi connectivity index (χ2v) is 9.46. The van der Waals surface area contributed by atoms with Gasteiger partial charge in [0, 0.05) is 13.0 Å². The highest BCUT2D eigenvalue weighted by Crippen LogP contribution is 2.20. The highest BCUT2D eigenvalue weighted by Gasteiger charge is 2.39. The van der Waals surface area contributed by atoms with Gasteiger partial charge in [0.1, 0.15) is 23.9 Å². The van der Waals surface area contributed by atoms with Crippen LogP contribution in [-0.4, -0.2) is 69.5 Å². The van der Waals surface area contributed by atoms with Crippen molar-refractivity contribution in [3.63, 3.8) is 0 Å². The number of aromatic hydroxyl groups is 1. The van der Waals surface area contributed by atoms with Gasteiger partial charge in [0.15, 0.2) is 0 Å². The normalized spacial score (nSPS) is 18.4. The molecule has 1 aromatic rings. The maximum Gasteiger partial charge on any atom is 0.326 e. The van der Waals surface area contributed by atoms with E-state index < -0.39 is 47.9 Å². The SMILES string of the molecule is CC(C)C(N)C(=O)NC(Cc1ccc(O)cc1)C(=O)NC(C(=O)N1CCCC1C(=O)O)C(C)C. The number of carboxylic acids is 1. The molecule has 1 aliphatic rings. The molecule has 1 fully saturated rings. The lowest BCUT2D eigenvalue weighted by atomic mass is 9.99. The molecular formula is C24H36N4O6. The van der Waals surface area contributed by atoms with Crippen LogP contribution in [0.15, 0.2) is 24.3 Å². The van der Waals surface area contributed by atoms with Crippen molar-refractivity contribution < 1.29 is 29.4 Å². The van der Waals surface area contributed by atoms with E-state index in [2.05, 4.69) is 10.6 Å². The Labute approximate surface area is 199 Å². The smallest absolute Gasteiger partial charge is 0.326 e. The van der Waals surface area contributed by atoms with Crippen LogP contribution in [0.4, 0.5) is 0 Å². The molecule has 188 valence electrons. The lowest BCUT2D eigenvalue weighted by molar-refractivity contribution is -0.150. The largest absolute Gasteiger partial charge is 0.508 e. The molecule has 1 saturated heterocycles. The van der Waals surface area contributed by atoms with Gasteiger partial charge in [-0.15, -0.1) is 0 Å². The molecule has 0 aliphatic carbocycles. The summed E-state index contributed by atoms with van der Waals surface area (Å²) in [7, 11) is 0. The molecule has 4 atom stereocenters. The molecule has 3 amide bonds. The Hall–Kier alpha value is -3.14. The minimum absolute atomic E-state index is 0.0692. The van der Waals surface area contributed by atoms with Gasteiger partial charge in [0.05, 0.1) is 6.04 Å². The van der Waals surface area contributed by atoms with Crippen LogP contribution in [0.1, 0.15) is 46.1 Å². The number of aliphatic carboxylic acids is 1. The number of nitrogens with zero attached hydrogens (tertiary/aromatic N) is 1. The van der Waals surface area contributed by atoms with E-state index in [1.807, 2.05) is 0 Å². The summed E-state index contributed by atoms with van der Waals surface area (Å²) in [5.74, 6) is -2.98. The van der Waals surface area contributed by atoms with E-state index in [9.17, 15) is 29.4 Å². The fraction of sp³-hybridized carbons (Fsp3) is 0.583. The zero-order valence-electron chi connectivity index (χ0n) is 20.2. The van der Waals surface area contributed by atoms with Gasteiger partial charge in [-0.05, 0) is 42.4 Å². The van der Waals surface area contributed by atoms with Crippen LogP contribution in [0.2, 0.25) is 0 Å². The number of benzene rings is 1. The molecule has 0 radical (unpaired) electrons. The van der Waals surface area contributed by atoms with Gasteiger partial charge in [-0.1, -0.05) is 39.8 Å². The van der Waals surface area contributed by atoms with Crippen LogP contribution in [0.3, 0.4) is 0 Å². The van der Waals surface area contributed by atoms with Crippen LogP contribution < -0.4 is 16.4 Å². The Morgan fingerprint density at radius 3 is 2.18 bits per heavy atom. The molecule has 0 spiro atoms. The Bertz CT molecular complexity index is 886. The molecule has 1 aromatic carbocycles. The van der Waals surface area contributed by atoms with Crippen LogP contribution in [-0.2, 0) is 25.6 Å². The summed E-state index contributed by atoms with van der Waals surface area (Å²) in [5.41, 5.74) is 6.64. The topological polar surface area (TPSA) is 162 Å². The summed E-state index contributed by atoms with van der Waals surface area (Å²) in [6, 6.07) is 2.52. The number of hydrogen-bond donors (Lipinski definition) is 5. The summed E-state index contributed by atoms with van der Waals surface area (Å²) in [5, 5.41) is 24.4. The van der Waals surface area contributed by atoms with Gasteiger partial charge in [0.25, 0.3) is 0 Å². The molecule has 6 N–H and O–H groups in total. The van der Waals surface area contributed by atoms with Gasteiger partial charge >= 0.3 is 5.97 Å². The number of nitrogens with two attached hydrogens (primary N) is 1. The van der Waals surface area contributed by atoms with E-state index in [0.717, 1.165) is 0 Å². The Balaban J connectivity index is 2.24. The second kappa shape index (κ2) is 11.8. The van der Waals surface area contributed by atoms with Crippen molar-refractivity contribution in [1.82, 2.24) is 15.5 Å². The number of amides is 3. The van der Waals surface area contributed by atoms with Crippen molar-refractivity contribution in [2.45, 2.75) is 71.1 Å². The number of phenols is 1. The summed E-state index contributed by atoms with van der Waals surface area (Å²) in [6.07, 6.45) is 1.06. The van der Waals surface area contributed by atoms with Crippen LogP contribution in [0, 0.1) is 11.8 Å². The number of likely N-dealkylation sites (tertiary alicyclic amines) is 1. The Morgan fingerprint density at radius 2 is 1.65 bits per heavy atom. The standard InChI is InChI=1S/C24H36N4O6/c1-13(2)19(25)22(31)26-17(12-15-7-9-16(29)10-8-15)21(30)27-20(14(3)4)23(32)28-11-5-6-18(28)24(33)34/h7-10,13-14,17-20,29H,5-6,11-12,25H2,1-4H3,(H,26,31)(H,27,30)(H,33,34). The third kappa shape index (κ3) is 6.93. The molecule has 34 heavy (non-hydrogen) atoms. The molecule has 0 saturated carbocycles. The van der Waals surface area contributed by atoms with E-state index in [1.54, 1.807) is 39.8 Å². The average Bonchev–Trinajstić information content (AvgIpc) is 3.27. The van der Waals surface area contributed by atoms with E-state index in [-0.39, 0.29) is 24.0 Å². The quantitative estimate of drug-likeness (QED) is 0.330. The van der Waals surface area contributed by atoms with E-state index in [0.29, 0.717) is 24.9 Å². The van der Waals surface area contributed by atoms with Crippen LogP contribution in [0.25, 0.3) is 0 Å². The van der Waals surface area contributed by atoms with E-state index in [1.165, 1.54) is 17.0 Å². The minimum atomic E-state index is -1.07. The van der Waals surface area contributed by atoms with Crippen LogP contribution in [0.5, 0.6) is 5.75 Å². The maximum atomic E-state index is 13.3. The third-order valence-electron chi connectivity index (χ3n) is 6.08. The van der Waals surface area contributed by atoms with Gasteiger partial charge in [-0.2, -0.15) is 0 Å². The van der Waals surface area contributed by atoms with E-state index >= 15 is 0 Å². The summed E-state index contributed by atoms with van der Waals surface area (Å²) >= 11 is 0.